The minimum Gasteiger partial charge on any atom is -0.508 e. The third kappa shape index (κ3) is 2.91. The monoisotopic (exact) mass is 284 g/mol. The van der Waals surface area contributed by atoms with E-state index in [2.05, 4.69) is 10.6 Å². The van der Waals surface area contributed by atoms with Crippen molar-refractivity contribution in [2.45, 2.75) is 19.6 Å². The molecule has 0 spiro atoms. The van der Waals surface area contributed by atoms with Gasteiger partial charge in [-0.05, 0) is 42.8 Å². The largest absolute Gasteiger partial charge is 0.508 e. The number of nitrogens with one attached hydrogen (secondary N) is 2. The number of aromatic hydroxyl groups is 1. The summed E-state index contributed by atoms with van der Waals surface area (Å²) >= 11 is 0. The second-order valence-electron chi connectivity index (χ2n) is 4.98. The highest BCUT2D eigenvalue weighted by molar-refractivity contribution is 5.98. The van der Waals surface area contributed by atoms with Crippen molar-refractivity contribution in [3.63, 3.8) is 0 Å². The molecular weight excluding hydrogens is 268 g/mol. The fraction of sp³-hybridized carbons (Fsp3) is 0.188. The van der Waals surface area contributed by atoms with Crippen LogP contribution in [0.2, 0.25) is 0 Å². The summed E-state index contributed by atoms with van der Waals surface area (Å²) in [6.45, 7) is 2.30. The minimum atomic E-state index is -0.469. The summed E-state index contributed by atoms with van der Waals surface area (Å²) < 4.78 is 5.50. The van der Waals surface area contributed by atoms with E-state index >= 15 is 0 Å². The van der Waals surface area contributed by atoms with Gasteiger partial charge in [0.1, 0.15) is 11.5 Å². The summed E-state index contributed by atoms with van der Waals surface area (Å²) in [4.78, 5) is 11.6. The van der Waals surface area contributed by atoms with Gasteiger partial charge in [-0.25, -0.2) is 0 Å². The first kappa shape index (κ1) is 13.3. The summed E-state index contributed by atoms with van der Waals surface area (Å²) in [5.74, 6) is 0.770. The molecule has 21 heavy (non-hydrogen) atoms. The topological polar surface area (TPSA) is 70.6 Å². The van der Waals surface area contributed by atoms with Crippen molar-refractivity contribution in [3.8, 4) is 11.5 Å². The molecule has 2 aromatic rings. The first-order chi connectivity index (χ1) is 10.1. The highest BCUT2D eigenvalue weighted by atomic mass is 16.5. The summed E-state index contributed by atoms with van der Waals surface area (Å²) in [6, 6.07) is 12.6. The molecule has 1 unspecified atom stereocenters. The Balaban J connectivity index is 1.73. The molecule has 0 radical (unpaired) electrons. The highest BCUT2D eigenvalue weighted by Gasteiger charge is 2.23. The van der Waals surface area contributed by atoms with Gasteiger partial charge in [0.15, 0.2) is 6.10 Å². The van der Waals surface area contributed by atoms with Gasteiger partial charge in [0, 0.05) is 12.2 Å². The second kappa shape index (κ2) is 5.36. The van der Waals surface area contributed by atoms with Gasteiger partial charge < -0.3 is 20.5 Å². The predicted octanol–water partition coefficient (Wildman–Crippen LogP) is 2.72. The fourth-order valence-electron chi connectivity index (χ4n) is 2.19. The molecule has 1 amide bonds. The number of fused-ring (bicyclic) bond motifs is 1. The Labute approximate surface area is 122 Å². The Hall–Kier alpha value is -2.69. The number of hydrogen-bond acceptors (Lipinski definition) is 4. The van der Waals surface area contributed by atoms with Crippen LogP contribution >= 0.6 is 0 Å². The molecule has 0 saturated carbocycles. The number of rotatable bonds is 3. The summed E-state index contributed by atoms with van der Waals surface area (Å²) in [7, 11) is 0. The van der Waals surface area contributed by atoms with E-state index in [1.165, 1.54) is 0 Å². The molecule has 0 saturated heterocycles. The Morgan fingerprint density at radius 1 is 1.29 bits per heavy atom. The third-order valence-electron chi connectivity index (χ3n) is 3.32. The van der Waals surface area contributed by atoms with Crippen molar-refractivity contribution in [3.05, 3.63) is 48.0 Å². The third-order valence-corrected chi connectivity index (χ3v) is 3.32. The van der Waals surface area contributed by atoms with Crippen LogP contribution in [0.25, 0.3) is 0 Å². The van der Waals surface area contributed by atoms with E-state index in [0.717, 1.165) is 11.3 Å². The van der Waals surface area contributed by atoms with Crippen LogP contribution in [0.1, 0.15) is 12.5 Å². The molecule has 5 heteroatoms. The first-order valence-corrected chi connectivity index (χ1v) is 6.75. The van der Waals surface area contributed by atoms with Gasteiger partial charge in [-0.15, -0.1) is 0 Å². The Morgan fingerprint density at radius 3 is 2.95 bits per heavy atom. The molecule has 0 bridgehead atoms. The number of phenolic OH excluding ortho intramolecular Hbond substituents is 1. The van der Waals surface area contributed by atoms with Crippen LogP contribution in [0.15, 0.2) is 42.5 Å². The van der Waals surface area contributed by atoms with E-state index in [-0.39, 0.29) is 11.7 Å². The normalized spacial score (nSPS) is 16.6. The molecule has 0 aromatic heterocycles. The van der Waals surface area contributed by atoms with E-state index in [4.69, 9.17) is 4.74 Å². The van der Waals surface area contributed by atoms with Crippen molar-refractivity contribution < 1.29 is 14.6 Å². The predicted molar refractivity (Wildman–Crippen MR) is 80.6 cm³/mol. The molecule has 108 valence electrons. The van der Waals surface area contributed by atoms with Crippen LogP contribution in [0.3, 0.4) is 0 Å². The maximum Gasteiger partial charge on any atom is 0.265 e. The zero-order chi connectivity index (χ0) is 14.8. The quantitative estimate of drug-likeness (QED) is 0.810. The number of benzene rings is 2. The fourth-order valence-corrected chi connectivity index (χ4v) is 2.19. The molecular formula is C16H16N2O3. The molecule has 1 aliphatic rings. The van der Waals surface area contributed by atoms with Gasteiger partial charge in [-0.3, -0.25) is 4.79 Å². The number of amides is 1. The lowest BCUT2D eigenvalue weighted by Crippen LogP contribution is -2.34. The molecule has 1 aliphatic heterocycles. The zero-order valence-corrected chi connectivity index (χ0v) is 11.6. The molecule has 3 rings (SSSR count). The zero-order valence-electron chi connectivity index (χ0n) is 11.6. The molecule has 1 atom stereocenters. The van der Waals surface area contributed by atoms with Gasteiger partial charge in [0.2, 0.25) is 0 Å². The molecule has 0 aliphatic carbocycles. The van der Waals surface area contributed by atoms with Crippen molar-refractivity contribution >= 4 is 17.3 Å². The van der Waals surface area contributed by atoms with E-state index in [0.29, 0.717) is 18.0 Å². The van der Waals surface area contributed by atoms with Crippen molar-refractivity contribution in [1.82, 2.24) is 0 Å². The lowest BCUT2D eigenvalue weighted by Gasteiger charge is -2.23. The number of hydrogen-bond donors (Lipinski definition) is 3. The highest BCUT2D eigenvalue weighted by Crippen LogP contribution is 2.32. The average Bonchev–Trinajstić information content (AvgIpc) is 2.46. The van der Waals surface area contributed by atoms with Crippen LogP contribution in [-0.2, 0) is 11.3 Å². The van der Waals surface area contributed by atoms with Gasteiger partial charge in [-0.2, -0.15) is 0 Å². The van der Waals surface area contributed by atoms with Crippen LogP contribution in [0.5, 0.6) is 11.5 Å². The Morgan fingerprint density at radius 2 is 2.14 bits per heavy atom. The lowest BCUT2D eigenvalue weighted by atomic mass is 10.2. The number of anilines is 2. The van der Waals surface area contributed by atoms with Gasteiger partial charge in [0.05, 0.1) is 5.69 Å². The summed E-state index contributed by atoms with van der Waals surface area (Å²) in [6.07, 6.45) is -0.469. The second-order valence-corrected chi connectivity index (χ2v) is 4.98. The number of ether oxygens (including phenoxy) is 1. The molecule has 0 fully saturated rings. The molecule has 1 heterocycles. The molecule has 2 aromatic carbocycles. The molecule has 3 N–H and O–H groups in total. The molecule has 5 nitrogen and oxygen atoms in total. The van der Waals surface area contributed by atoms with Gasteiger partial charge >= 0.3 is 0 Å². The summed E-state index contributed by atoms with van der Waals surface area (Å²) in [5, 5.41) is 15.5. The number of carbonyl (C=O) groups excluding carboxylic acids is 1. The van der Waals surface area contributed by atoms with Crippen molar-refractivity contribution in [1.29, 1.82) is 0 Å². The maximum absolute atomic E-state index is 11.6. The summed E-state index contributed by atoms with van der Waals surface area (Å²) in [5.41, 5.74) is 2.51. The lowest BCUT2D eigenvalue weighted by molar-refractivity contribution is -0.122. The van der Waals surface area contributed by atoms with Gasteiger partial charge in [0.25, 0.3) is 5.91 Å². The van der Waals surface area contributed by atoms with E-state index in [1.807, 2.05) is 24.3 Å². The van der Waals surface area contributed by atoms with Crippen molar-refractivity contribution in [2.75, 3.05) is 10.6 Å². The van der Waals surface area contributed by atoms with Crippen LogP contribution in [0.4, 0.5) is 11.4 Å². The Kier molecular flexibility index (Phi) is 3.39. The van der Waals surface area contributed by atoms with E-state index in [9.17, 15) is 9.90 Å². The Bertz CT molecular complexity index is 685. The van der Waals surface area contributed by atoms with Crippen LogP contribution < -0.4 is 15.4 Å². The number of phenols is 1. The average molecular weight is 284 g/mol. The van der Waals surface area contributed by atoms with E-state index in [1.54, 1.807) is 25.1 Å². The van der Waals surface area contributed by atoms with Gasteiger partial charge in [-0.1, -0.05) is 12.1 Å². The number of carbonyl (C=O) groups is 1. The van der Waals surface area contributed by atoms with E-state index < -0.39 is 6.10 Å². The van der Waals surface area contributed by atoms with Crippen LogP contribution in [-0.4, -0.2) is 17.1 Å². The van der Waals surface area contributed by atoms with Crippen LogP contribution in [0, 0.1) is 0 Å². The minimum absolute atomic E-state index is 0.146. The first-order valence-electron chi connectivity index (χ1n) is 6.75. The maximum atomic E-state index is 11.6. The van der Waals surface area contributed by atoms with Crippen molar-refractivity contribution in [2.24, 2.45) is 0 Å². The SMILES string of the molecule is CC1Oc2ccc(NCc3cccc(O)c3)cc2NC1=O. The standard InChI is InChI=1S/C16H16N2O3/c1-10-16(20)18-14-8-12(5-6-15(14)21-10)17-9-11-3-2-4-13(19)7-11/h2-8,10,17,19H,9H2,1H3,(H,18,20). The smallest absolute Gasteiger partial charge is 0.265 e.